The molecule has 0 aliphatic rings. The summed E-state index contributed by atoms with van der Waals surface area (Å²) in [5.41, 5.74) is 1.75. The van der Waals surface area contributed by atoms with Crippen molar-refractivity contribution in [3.63, 3.8) is 0 Å². The number of furan rings is 1. The zero-order valence-electron chi connectivity index (χ0n) is 15.3. The minimum Gasteiger partial charge on any atom is -0.465 e. The van der Waals surface area contributed by atoms with E-state index in [2.05, 4.69) is 31.0 Å². The van der Waals surface area contributed by atoms with E-state index in [1.807, 2.05) is 24.3 Å². The molecule has 0 saturated carbocycles. The van der Waals surface area contributed by atoms with Gasteiger partial charge in [0.2, 0.25) is 0 Å². The molecule has 2 rings (SSSR count). The lowest BCUT2D eigenvalue weighted by molar-refractivity contribution is -0.142. The van der Waals surface area contributed by atoms with Gasteiger partial charge in [0.15, 0.2) is 6.61 Å². The highest BCUT2D eigenvalue weighted by Crippen LogP contribution is 2.19. The Bertz CT molecular complexity index is 734. The van der Waals surface area contributed by atoms with Gasteiger partial charge in [-0.05, 0) is 63.2 Å². The summed E-state index contributed by atoms with van der Waals surface area (Å²) in [6, 6.07) is 11.4. The second-order valence-corrected chi connectivity index (χ2v) is 5.93. The van der Waals surface area contributed by atoms with Gasteiger partial charge in [-0.25, -0.2) is 4.79 Å². The molecule has 1 heterocycles. The molecule has 0 saturated heterocycles. The van der Waals surface area contributed by atoms with Gasteiger partial charge in [-0.15, -0.1) is 0 Å². The average Bonchev–Trinajstić information content (AvgIpc) is 3.13. The van der Waals surface area contributed by atoms with Crippen molar-refractivity contribution in [2.24, 2.45) is 0 Å². The lowest BCUT2D eigenvalue weighted by atomic mass is 10.2. The summed E-state index contributed by atoms with van der Waals surface area (Å²) in [6.07, 6.45) is 4.20. The maximum atomic E-state index is 11.9. The first-order chi connectivity index (χ1) is 12.5. The smallest absolute Gasteiger partial charge is 0.331 e. The summed E-state index contributed by atoms with van der Waals surface area (Å²) < 4.78 is 9.96. The van der Waals surface area contributed by atoms with Crippen LogP contribution in [0.2, 0.25) is 0 Å². The Morgan fingerprint density at radius 1 is 1.23 bits per heavy atom. The molecule has 0 spiro atoms. The van der Waals surface area contributed by atoms with Gasteiger partial charge in [-0.2, -0.15) is 0 Å². The highest BCUT2D eigenvalue weighted by molar-refractivity contribution is 5.94. The predicted octanol–water partition coefficient (Wildman–Crippen LogP) is 3.71. The second kappa shape index (κ2) is 9.46. The van der Waals surface area contributed by atoms with Crippen LogP contribution in [0.25, 0.3) is 6.08 Å². The topological polar surface area (TPSA) is 71.8 Å². The monoisotopic (exact) mass is 356 g/mol. The van der Waals surface area contributed by atoms with E-state index in [1.165, 1.54) is 18.4 Å². The van der Waals surface area contributed by atoms with Gasteiger partial charge in [0.25, 0.3) is 5.91 Å². The minimum absolute atomic E-state index is 0.351. The molecule has 2 aromatic rings. The summed E-state index contributed by atoms with van der Waals surface area (Å²) in [5, 5.41) is 2.70. The third-order valence-electron chi connectivity index (χ3n) is 3.72. The number of hydrogen-bond acceptors (Lipinski definition) is 5. The van der Waals surface area contributed by atoms with E-state index in [-0.39, 0.29) is 6.61 Å². The van der Waals surface area contributed by atoms with Crippen LogP contribution in [0.5, 0.6) is 0 Å². The maximum Gasteiger partial charge on any atom is 0.331 e. The van der Waals surface area contributed by atoms with Crippen molar-refractivity contribution in [1.29, 1.82) is 0 Å². The predicted molar refractivity (Wildman–Crippen MR) is 102 cm³/mol. The Morgan fingerprint density at radius 2 is 1.96 bits per heavy atom. The molecule has 138 valence electrons. The summed E-state index contributed by atoms with van der Waals surface area (Å²) >= 11 is 0. The number of nitrogens with one attached hydrogen (secondary N) is 1. The van der Waals surface area contributed by atoms with E-state index in [9.17, 15) is 9.59 Å². The SMILES string of the molecule is CCN(c1ccc(NC(=O)COC(=O)/C=C/c2ccco2)cc1)C(C)C. The minimum atomic E-state index is -0.609. The van der Waals surface area contributed by atoms with Crippen molar-refractivity contribution >= 4 is 29.3 Å². The van der Waals surface area contributed by atoms with Crippen LogP contribution < -0.4 is 10.2 Å². The first kappa shape index (κ1) is 19.3. The zero-order valence-corrected chi connectivity index (χ0v) is 15.3. The fourth-order valence-electron chi connectivity index (χ4n) is 2.50. The Kier molecular flexibility index (Phi) is 7.02. The van der Waals surface area contributed by atoms with Gasteiger partial charge in [0, 0.05) is 30.0 Å². The molecular weight excluding hydrogens is 332 g/mol. The van der Waals surface area contributed by atoms with Gasteiger partial charge in [-0.1, -0.05) is 0 Å². The maximum absolute atomic E-state index is 11.9. The number of nitrogens with zero attached hydrogens (tertiary/aromatic N) is 1. The summed E-state index contributed by atoms with van der Waals surface area (Å²) in [7, 11) is 0. The van der Waals surface area contributed by atoms with E-state index in [0.29, 0.717) is 17.5 Å². The fourth-order valence-corrected chi connectivity index (χ4v) is 2.50. The van der Waals surface area contributed by atoms with E-state index < -0.39 is 11.9 Å². The van der Waals surface area contributed by atoms with Crippen LogP contribution in [0, 0.1) is 0 Å². The normalized spacial score (nSPS) is 10.9. The highest BCUT2D eigenvalue weighted by atomic mass is 16.5. The van der Waals surface area contributed by atoms with Crippen LogP contribution in [-0.2, 0) is 14.3 Å². The molecule has 1 aromatic carbocycles. The van der Waals surface area contributed by atoms with E-state index in [4.69, 9.17) is 9.15 Å². The van der Waals surface area contributed by atoms with Gasteiger partial charge < -0.3 is 19.4 Å². The van der Waals surface area contributed by atoms with Crippen molar-refractivity contribution in [1.82, 2.24) is 0 Å². The van der Waals surface area contributed by atoms with Crippen LogP contribution in [0.15, 0.2) is 53.2 Å². The summed E-state index contributed by atoms with van der Waals surface area (Å²) in [4.78, 5) is 25.7. The van der Waals surface area contributed by atoms with Gasteiger partial charge in [0.1, 0.15) is 5.76 Å². The molecule has 26 heavy (non-hydrogen) atoms. The fraction of sp³-hybridized carbons (Fsp3) is 0.300. The van der Waals surface area contributed by atoms with Crippen molar-refractivity contribution in [3.05, 3.63) is 54.5 Å². The molecule has 0 atom stereocenters. The first-order valence-electron chi connectivity index (χ1n) is 8.54. The number of benzene rings is 1. The van der Waals surface area contributed by atoms with Crippen LogP contribution in [0.4, 0.5) is 11.4 Å². The number of esters is 1. The van der Waals surface area contributed by atoms with Crippen molar-refractivity contribution in [3.8, 4) is 0 Å². The molecule has 1 amide bonds. The average molecular weight is 356 g/mol. The third-order valence-corrected chi connectivity index (χ3v) is 3.72. The highest BCUT2D eigenvalue weighted by Gasteiger charge is 2.09. The molecule has 0 aliphatic heterocycles. The van der Waals surface area contributed by atoms with Crippen LogP contribution in [0.1, 0.15) is 26.5 Å². The molecule has 0 unspecified atom stereocenters. The number of amides is 1. The first-order valence-corrected chi connectivity index (χ1v) is 8.54. The van der Waals surface area contributed by atoms with Crippen molar-refractivity contribution < 1.29 is 18.7 Å². The number of rotatable bonds is 8. The largest absolute Gasteiger partial charge is 0.465 e. The third kappa shape index (κ3) is 5.81. The molecule has 0 aliphatic carbocycles. The molecule has 0 radical (unpaired) electrons. The molecule has 0 fully saturated rings. The lowest BCUT2D eigenvalue weighted by Crippen LogP contribution is -2.30. The Balaban J connectivity index is 1.81. The molecule has 1 aromatic heterocycles. The van der Waals surface area contributed by atoms with E-state index in [0.717, 1.165) is 12.2 Å². The van der Waals surface area contributed by atoms with Crippen LogP contribution in [-0.4, -0.2) is 31.1 Å². The van der Waals surface area contributed by atoms with Gasteiger partial charge in [-0.3, -0.25) is 4.79 Å². The Hall–Kier alpha value is -3.02. The van der Waals surface area contributed by atoms with Crippen molar-refractivity contribution in [2.75, 3.05) is 23.4 Å². The molecule has 6 nitrogen and oxygen atoms in total. The number of anilines is 2. The van der Waals surface area contributed by atoms with Crippen LogP contribution in [0.3, 0.4) is 0 Å². The summed E-state index contributed by atoms with van der Waals surface area (Å²) in [6.45, 7) is 6.92. The Labute approximate surface area is 153 Å². The number of hydrogen-bond donors (Lipinski definition) is 1. The van der Waals surface area contributed by atoms with Gasteiger partial charge >= 0.3 is 5.97 Å². The molecule has 0 bridgehead atoms. The van der Waals surface area contributed by atoms with E-state index >= 15 is 0 Å². The zero-order chi connectivity index (χ0) is 18.9. The number of ether oxygens (including phenoxy) is 1. The summed E-state index contributed by atoms with van der Waals surface area (Å²) in [5.74, 6) is -0.467. The Morgan fingerprint density at radius 3 is 2.54 bits per heavy atom. The lowest BCUT2D eigenvalue weighted by Gasteiger charge is -2.27. The van der Waals surface area contributed by atoms with Crippen LogP contribution >= 0.6 is 0 Å². The quantitative estimate of drug-likeness (QED) is 0.577. The standard InChI is InChI=1S/C20H24N2O4/c1-4-22(15(2)3)17-9-7-16(8-10-17)21-19(23)14-26-20(24)12-11-18-6-5-13-25-18/h5-13,15H,4,14H2,1-3H3,(H,21,23)/b12-11+. The van der Waals surface area contributed by atoms with E-state index in [1.54, 1.807) is 12.1 Å². The van der Waals surface area contributed by atoms with Gasteiger partial charge in [0.05, 0.1) is 6.26 Å². The second-order valence-electron chi connectivity index (χ2n) is 5.93. The molecular formula is C20H24N2O4. The number of carbonyl (C=O) groups is 2. The molecule has 1 N–H and O–H groups in total. The molecule has 6 heteroatoms. The number of carbonyl (C=O) groups excluding carboxylic acids is 2. The van der Waals surface area contributed by atoms with Crippen molar-refractivity contribution in [2.45, 2.75) is 26.8 Å².